The van der Waals surface area contributed by atoms with Crippen LogP contribution >= 0.6 is 11.6 Å². The van der Waals surface area contributed by atoms with E-state index in [0.29, 0.717) is 10.7 Å². The summed E-state index contributed by atoms with van der Waals surface area (Å²) in [7, 11) is 0. The minimum atomic E-state index is -0.750. The van der Waals surface area contributed by atoms with Gasteiger partial charge in [-0.1, -0.05) is 17.7 Å². The van der Waals surface area contributed by atoms with E-state index in [2.05, 4.69) is 10.9 Å². The van der Waals surface area contributed by atoms with Crippen LogP contribution in [0, 0.1) is 11.3 Å². The van der Waals surface area contributed by atoms with E-state index in [1.807, 2.05) is 0 Å². The van der Waals surface area contributed by atoms with E-state index in [0.717, 1.165) is 0 Å². The monoisotopic (exact) mass is 195 g/mol. The number of rotatable bonds is 2. The molecule has 0 bridgehead atoms. The summed E-state index contributed by atoms with van der Waals surface area (Å²) < 4.78 is 0. The van der Waals surface area contributed by atoms with Gasteiger partial charge in [0.2, 0.25) is 0 Å². The lowest BCUT2D eigenvalue weighted by molar-refractivity contribution is -0.115. The summed E-state index contributed by atoms with van der Waals surface area (Å²) in [6.45, 7) is 0. The van der Waals surface area contributed by atoms with Crippen LogP contribution in [0.3, 0.4) is 0 Å². The summed E-state index contributed by atoms with van der Waals surface area (Å²) in [5, 5.41) is 8.69. The fourth-order valence-corrected chi connectivity index (χ4v) is 0.913. The summed E-state index contributed by atoms with van der Waals surface area (Å²) in [4.78, 5) is 10.5. The Morgan fingerprint density at radius 3 is 2.92 bits per heavy atom. The highest BCUT2D eigenvalue weighted by atomic mass is 35.5. The number of carbonyl (C=O) groups is 1. The van der Waals surface area contributed by atoms with Gasteiger partial charge in [-0.05, 0) is 18.2 Å². The molecular weight excluding hydrogens is 190 g/mol. The Bertz CT molecular complexity index is 359. The smallest absolute Gasteiger partial charge is 0.298 e. The number of benzene rings is 1. The van der Waals surface area contributed by atoms with Crippen LogP contribution in [-0.2, 0) is 4.79 Å². The number of nitriles is 1. The first-order valence-electron chi connectivity index (χ1n) is 3.44. The summed E-state index contributed by atoms with van der Waals surface area (Å²) >= 11 is 5.68. The predicted octanol–water partition coefficient (Wildman–Crippen LogP) is 1.31. The molecule has 0 saturated carbocycles. The van der Waals surface area contributed by atoms with Gasteiger partial charge in [0, 0.05) is 5.02 Å². The van der Waals surface area contributed by atoms with Crippen molar-refractivity contribution in [1.29, 1.82) is 5.26 Å². The van der Waals surface area contributed by atoms with Gasteiger partial charge in [0.15, 0.2) is 6.07 Å². The molecule has 0 aromatic heterocycles. The maximum atomic E-state index is 10.5. The molecule has 0 heterocycles. The molecule has 1 amide bonds. The Labute approximate surface area is 80.1 Å². The minimum absolute atomic E-state index is 0.552. The summed E-state index contributed by atoms with van der Waals surface area (Å²) in [5.41, 5.74) is 5.32. The zero-order chi connectivity index (χ0) is 9.68. The van der Waals surface area contributed by atoms with Gasteiger partial charge in [0.1, 0.15) is 0 Å². The van der Waals surface area contributed by atoms with E-state index in [1.54, 1.807) is 24.3 Å². The van der Waals surface area contributed by atoms with Gasteiger partial charge in [-0.15, -0.1) is 0 Å². The van der Waals surface area contributed by atoms with Crippen molar-refractivity contribution in [2.24, 2.45) is 0 Å². The first-order chi connectivity index (χ1) is 6.22. The van der Waals surface area contributed by atoms with Crippen molar-refractivity contribution in [3.63, 3.8) is 0 Å². The lowest BCUT2D eigenvalue weighted by Crippen LogP contribution is -2.27. The van der Waals surface area contributed by atoms with Crippen molar-refractivity contribution in [2.75, 3.05) is 5.43 Å². The van der Waals surface area contributed by atoms with Gasteiger partial charge < -0.3 is 0 Å². The van der Waals surface area contributed by atoms with Crippen LogP contribution in [0.4, 0.5) is 5.69 Å². The van der Waals surface area contributed by atoms with Crippen LogP contribution in [0.1, 0.15) is 0 Å². The maximum absolute atomic E-state index is 10.5. The highest BCUT2D eigenvalue weighted by molar-refractivity contribution is 6.30. The summed E-state index contributed by atoms with van der Waals surface area (Å²) in [6, 6.07) is 8.17. The van der Waals surface area contributed by atoms with E-state index >= 15 is 0 Å². The highest BCUT2D eigenvalue weighted by Gasteiger charge is 1.96. The third-order valence-electron chi connectivity index (χ3n) is 1.25. The lowest BCUT2D eigenvalue weighted by Gasteiger charge is -2.04. The van der Waals surface area contributed by atoms with Crippen molar-refractivity contribution in [2.45, 2.75) is 0 Å². The Kier molecular flexibility index (Phi) is 3.12. The molecule has 0 saturated heterocycles. The van der Waals surface area contributed by atoms with Crippen LogP contribution in [0.5, 0.6) is 0 Å². The second-order valence-electron chi connectivity index (χ2n) is 2.20. The number of halogens is 1. The molecule has 1 aromatic rings. The van der Waals surface area contributed by atoms with Crippen molar-refractivity contribution >= 4 is 23.2 Å². The third-order valence-corrected chi connectivity index (χ3v) is 1.48. The predicted molar refractivity (Wildman–Crippen MR) is 48.8 cm³/mol. The highest BCUT2D eigenvalue weighted by Crippen LogP contribution is 2.13. The zero-order valence-electron chi connectivity index (χ0n) is 6.54. The molecule has 1 rings (SSSR count). The quantitative estimate of drug-likeness (QED) is 0.552. The average Bonchev–Trinajstić information content (AvgIpc) is 2.14. The molecule has 0 fully saturated rings. The normalized spacial score (nSPS) is 8.62. The Hall–Kier alpha value is -1.73. The van der Waals surface area contributed by atoms with Gasteiger partial charge in [-0.3, -0.25) is 15.6 Å². The molecular formula is C8H6ClN3O. The molecule has 0 aliphatic rings. The molecule has 0 aliphatic carbocycles. The Morgan fingerprint density at radius 1 is 1.54 bits per heavy atom. The second kappa shape index (κ2) is 4.33. The fourth-order valence-electron chi connectivity index (χ4n) is 0.723. The average molecular weight is 196 g/mol. The topological polar surface area (TPSA) is 64.9 Å². The van der Waals surface area contributed by atoms with Crippen molar-refractivity contribution < 1.29 is 4.79 Å². The maximum Gasteiger partial charge on any atom is 0.340 e. The Balaban J connectivity index is 2.56. The molecule has 1 aromatic carbocycles. The number of hydrazine groups is 1. The van der Waals surface area contributed by atoms with Crippen LogP contribution in [0.25, 0.3) is 0 Å². The standard InChI is InChI=1S/C8H6ClN3O/c9-6-2-1-3-7(4-6)11-12-8(13)5-10/h1-4,11H,(H,12,13). The first-order valence-corrected chi connectivity index (χ1v) is 3.82. The first kappa shape index (κ1) is 9.36. The third kappa shape index (κ3) is 3.01. The number of anilines is 1. The molecule has 0 radical (unpaired) electrons. The van der Waals surface area contributed by atoms with Crippen molar-refractivity contribution in [3.05, 3.63) is 29.3 Å². The molecule has 5 heteroatoms. The van der Waals surface area contributed by atoms with Gasteiger partial charge in [0.25, 0.3) is 0 Å². The number of carbonyl (C=O) groups excluding carboxylic acids is 1. The minimum Gasteiger partial charge on any atom is -0.298 e. The largest absolute Gasteiger partial charge is 0.340 e. The summed E-state index contributed by atoms with van der Waals surface area (Å²) in [6.07, 6.45) is 0. The molecule has 4 nitrogen and oxygen atoms in total. The number of nitrogens with zero attached hydrogens (tertiary/aromatic N) is 1. The van der Waals surface area contributed by atoms with E-state index in [9.17, 15) is 4.79 Å². The van der Waals surface area contributed by atoms with Crippen LogP contribution in [0.15, 0.2) is 24.3 Å². The van der Waals surface area contributed by atoms with E-state index in [-0.39, 0.29) is 0 Å². The van der Waals surface area contributed by atoms with Gasteiger partial charge in [0.05, 0.1) is 5.69 Å². The summed E-state index contributed by atoms with van der Waals surface area (Å²) in [5.74, 6) is -0.750. The molecule has 0 aliphatic heterocycles. The second-order valence-corrected chi connectivity index (χ2v) is 2.64. The molecule has 0 spiro atoms. The van der Waals surface area contributed by atoms with E-state index in [4.69, 9.17) is 16.9 Å². The molecule has 2 N–H and O–H groups in total. The lowest BCUT2D eigenvalue weighted by atomic mass is 10.3. The fraction of sp³-hybridized carbons (Fsp3) is 0. The number of hydrogen-bond acceptors (Lipinski definition) is 3. The van der Waals surface area contributed by atoms with Gasteiger partial charge in [-0.25, -0.2) is 0 Å². The van der Waals surface area contributed by atoms with Crippen LogP contribution < -0.4 is 10.9 Å². The number of amides is 1. The molecule has 0 unspecified atom stereocenters. The van der Waals surface area contributed by atoms with Gasteiger partial charge >= 0.3 is 5.91 Å². The van der Waals surface area contributed by atoms with E-state index in [1.165, 1.54) is 6.07 Å². The van der Waals surface area contributed by atoms with Gasteiger partial charge in [-0.2, -0.15) is 5.26 Å². The molecule has 0 atom stereocenters. The van der Waals surface area contributed by atoms with Crippen molar-refractivity contribution in [3.8, 4) is 6.07 Å². The zero-order valence-corrected chi connectivity index (χ0v) is 7.30. The molecule has 13 heavy (non-hydrogen) atoms. The Morgan fingerprint density at radius 2 is 2.31 bits per heavy atom. The number of hydrogen-bond donors (Lipinski definition) is 2. The van der Waals surface area contributed by atoms with Crippen LogP contribution in [-0.4, -0.2) is 5.91 Å². The van der Waals surface area contributed by atoms with Crippen LogP contribution in [0.2, 0.25) is 5.02 Å². The molecule has 66 valence electrons. The SMILES string of the molecule is N#CC(=O)NNc1cccc(Cl)c1. The van der Waals surface area contributed by atoms with E-state index < -0.39 is 5.91 Å². The van der Waals surface area contributed by atoms with Crippen molar-refractivity contribution in [1.82, 2.24) is 5.43 Å². The number of nitrogens with one attached hydrogen (secondary N) is 2.